The second-order valence-corrected chi connectivity index (χ2v) is 15.0. The molecule has 0 aliphatic heterocycles. The second kappa shape index (κ2) is 57.6. The summed E-state index contributed by atoms with van der Waals surface area (Å²) in [4.78, 5) is 0. The van der Waals surface area contributed by atoms with Gasteiger partial charge in [-0.2, -0.15) is 0 Å². The normalized spacial score (nSPS) is 10.9. The molecule has 0 fully saturated rings. The van der Waals surface area contributed by atoms with Gasteiger partial charge in [0, 0.05) is 0 Å². The SMILES string of the molecule is CCCCOP(OCCCC)OCCCC.CCCCOP(OCCCC)OCCCC.CCCCOP(OCCCC)OCCCC.[Cl][Ru]. The summed E-state index contributed by atoms with van der Waals surface area (Å²) in [5.41, 5.74) is 0. The zero-order valence-corrected chi connectivity index (χ0v) is 39.0. The van der Waals surface area contributed by atoms with Gasteiger partial charge in [0.1, 0.15) is 0 Å². The van der Waals surface area contributed by atoms with Crippen molar-refractivity contribution in [3.05, 3.63) is 0 Å². The Morgan fingerprint density at radius 2 is 0.360 bits per heavy atom. The van der Waals surface area contributed by atoms with Crippen LogP contribution in [-0.2, 0) is 58.0 Å². The first kappa shape index (κ1) is 58.5. The van der Waals surface area contributed by atoms with Crippen LogP contribution in [0.5, 0.6) is 0 Å². The van der Waals surface area contributed by atoms with Crippen LogP contribution in [-0.4, -0.2) is 59.5 Å². The van der Waals surface area contributed by atoms with Crippen molar-refractivity contribution in [3.63, 3.8) is 0 Å². The second-order valence-electron chi connectivity index (χ2n) is 11.4. The van der Waals surface area contributed by atoms with E-state index in [4.69, 9.17) is 40.7 Å². The fourth-order valence-electron chi connectivity index (χ4n) is 2.89. The summed E-state index contributed by atoms with van der Waals surface area (Å²) in [5.74, 6) is 0. The summed E-state index contributed by atoms with van der Waals surface area (Å²) in [7, 11) is 1.28. The summed E-state index contributed by atoms with van der Waals surface area (Å²) in [6.07, 6.45) is 20.0. The quantitative estimate of drug-likeness (QED) is 0.0347. The van der Waals surface area contributed by atoms with Crippen LogP contribution in [0.1, 0.15) is 178 Å². The van der Waals surface area contributed by atoms with Gasteiger partial charge in [-0.1, -0.05) is 120 Å². The van der Waals surface area contributed by atoms with Crippen molar-refractivity contribution in [2.24, 2.45) is 0 Å². The molecular formula is C36H81ClO9P3Ru. The van der Waals surface area contributed by atoms with Crippen LogP contribution < -0.4 is 0 Å². The van der Waals surface area contributed by atoms with Gasteiger partial charge in [0.25, 0.3) is 0 Å². The fraction of sp³-hybridized carbons (Fsp3) is 1.00. The van der Waals surface area contributed by atoms with Gasteiger partial charge < -0.3 is 40.7 Å². The zero-order chi connectivity index (χ0) is 38.2. The van der Waals surface area contributed by atoms with Gasteiger partial charge in [0.05, 0.1) is 59.5 Å². The molecule has 0 aromatic carbocycles. The molecule has 0 aliphatic rings. The minimum atomic E-state index is -1.10. The Hall–Kier alpha value is 1.84. The van der Waals surface area contributed by atoms with E-state index in [0.717, 1.165) is 175 Å². The van der Waals surface area contributed by atoms with E-state index in [1.165, 1.54) is 0 Å². The molecule has 0 heterocycles. The zero-order valence-electron chi connectivity index (χ0n) is 33.8. The van der Waals surface area contributed by atoms with Crippen molar-refractivity contribution in [3.8, 4) is 0 Å². The van der Waals surface area contributed by atoms with Crippen LogP contribution in [0.3, 0.4) is 0 Å². The van der Waals surface area contributed by atoms with E-state index >= 15 is 0 Å². The first-order chi connectivity index (χ1) is 24.5. The third kappa shape index (κ3) is 54.2. The molecule has 9 nitrogen and oxygen atoms in total. The number of unbranched alkanes of at least 4 members (excludes halogenated alkanes) is 9. The van der Waals surface area contributed by atoms with Gasteiger partial charge in [0.2, 0.25) is 0 Å². The molecule has 0 atom stereocenters. The molecule has 0 spiro atoms. The van der Waals surface area contributed by atoms with Crippen LogP contribution in [0.15, 0.2) is 0 Å². The van der Waals surface area contributed by atoms with Crippen molar-refractivity contribution >= 4 is 35.5 Å². The van der Waals surface area contributed by atoms with Crippen LogP contribution in [0.2, 0.25) is 0 Å². The number of hydrogen-bond acceptors (Lipinski definition) is 9. The van der Waals surface area contributed by atoms with Crippen molar-refractivity contribution in [1.82, 2.24) is 0 Å². The fourth-order valence-corrected chi connectivity index (χ4v) is 6.06. The molecule has 0 bridgehead atoms. The maximum absolute atomic E-state index is 5.60. The van der Waals surface area contributed by atoms with E-state index < -0.39 is 25.8 Å². The van der Waals surface area contributed by atoms with Gasteiger partial charge in [0.15, 0.2) is 0 Å². The van der Waals surface area contributed by atoms with Crippen molar-refractivity contribution in [2.45, 2.75) is 178 Å². The average Bonchev–Trinajstić information content (AvgIpc) is 3.13. The minimum absolute atomic E-state index is 0.750. The first-order valence-corrected chi connectivity index (χ1v) is 25.3. The molecule has 0 rings (SSSR count). The molecule has 0 unspecified atom stereocenters. The third-order valence-electron chi connectivity index (χ3n) is 6.25. The molecule has 0 radical (unpaired) electrons. The average molecular weight is 887 g/mol. The molecule has 14 heteroatoms. The van der Waals surface area contributed by atoms with Crippen LogP contribution in [0, 0.1) is 0 Å². The molecule has 0 aliphatic carbocycles. The van der Waals surface area contributed by atoms with E-state index in [9.17, 15) is 0 Å². The Labute approximate surface area is 329 Å². The Balaban J connectivity index is -0.000000309. The molecule has 0 aromatic heterocycles. The Bertz CT molecular complexity index is 414. The Morgan fingerprint density at radius 3 is 0.440 bits per heavy atom. The maximum atomic E-state index is 5.60. The van der Waals surface area contributed by atoms with E-state index in [-0.39, 0.29) is 0 Å². The molecule has 0 amide bonds. The van der Waals surface area contributed by atoms with Crippen molar-refractivity contribution in [2.75, 3.05) is 59.5 Å². The van der Waals surface area contributed by atoms with Crippen molar-refractivity contribution < 1.29 is 58.0 Å². The first-order valence-electron chi connectivity index (χ1n) is 19.7. The summed E-state index contributed by atoms with van der Waals surface area (Å²) in [6, 6.07) is 0. The predicted octanol–water partition coefficient (Wildman–Crippen LogP) is 14.7. The van der Waals surface area contributed by atoms with Gasteiger partial charge in [-0.25, -0.2) is 0 Å². The number of hydrogen-bond donors (Lipinski definition) is 0. The van der Waals surface area contributed by atoms with E-state index in [1.807, 2.05) is 17.3 Å². The van der Waals surface area contributed by atoms with Gasteiger partial charge >= 0.3 is 52.8 Å². The van der Waals surface area contributed by atoms with Crippen LogP contribution in [0.25, 0.3) is 0 Å². The van der Waals surface area contributed by atoms with Gasteiger partial charge in [-0.15, -0.1) is 0 Å². The summed E-state index contributed by atoms with van der Waals surface area (Å²) < 4.78 is 50.4. The molecule has 0 N–H and O–H groups in total. The summed E-state index contributed by atoms with van der Waals surface area (Å²) >= 11 is 1.82. The Kier molecular flexibility index (Phi) is 67.4. The van der Waals surface area contributed by atoms with E-state index in [1.54, 1.807) is 0 Å². The summed E-state index contributed by atoms with van der Waals surface area (Å²) in [5, 5.41) is 0. The molecule has 0 saturated heterocycles. The number of rotatable bonds is 36. The molecule has 309 valence electrons. The standard InChI is InChI=1S/3C12H27O3P.ClH.Ru/c3*1-4-7-10-13-16(14-11-8-5-2)15-12-9-6-3;;/h3*4-12H2,1-3H3;1H;/q;;;;+1/p-1. The topological polar surface area (TPSA) is 83.1 Å². The number of halogens is 1. The van der Waals surface area contributed by atoms with Crippen molar-refractivity contribution in [1.29, 1.82) is 0 Å². The monoisotopic (exact) mass is 887 g/mol. The van der Waals surface area contributed by atoms with Gasteiger partial charge in [-0.3, -0.25) is 0 Å². The van der Waals surface area contributed by atoms with Crippen LogP contribution >= 0.6 is 35.5 Å². The predicted molar refractivity (Wildman–Crippen MR) is 214 cm³/mol. The van der Waals surface area contributed by atoms with Gasteiger partial charge in [-0.05, 0) is 57.8 Å². The molecule has 0 aromatic rings. The molecule has 0 saturated carbocycles. The van der Waals surface area contributed by atoms with Crippen LogP contribution in [0.4, 0.5) is 0 Å². The molecule has 50 heavy (non-hydrogen) atoms. The Morgan fingerprint density at radius 1 is 0.260 bits per heavy atom. The van der Waals surface area contributed by atoms with E-state index in [2.05, 4.69) is 72.0 Å². The third-order valence-corrected chi connectivity index (χ3v) is 9.79. The van der Waals surface area contributed by atoms with E-state index in [0.29, 0.717) is 0 Å². The summed E-state index contributed by atoms with van der Waals surface area (Å²) in [6.45, 7) is 26.1. The molecular weight excluding hydrogens is 806 g/mol.